The molecule has 1 fully saturated rings. The normalized spacial score (nSPS) is 14.4. The van der Waals surface area contributed by atoms with Crippen molar-refractivity contribution in [1.29, 1.82) is 0 Å². The number of nitrogens with one attached hydrogen (secondary N) is 2. The molecule has 0 bridgehead atoms. The first kappa shape index (κ1) is 22.1. The third-order valence-corrected chi connectivity index (χ3v) is 4.45. The first-order valence-electron chi connectivity index (χ1n) is 9.38. The molecule has 1 saturated heterocycles. The number of nitrogens with zero attached hydrogens (tertiary/aromatic N) is 3. The second-order valence-electron chi connectivity index (χ2n) is 6.34. The predicted octanol–water partition coefficient (Wildman–Crippen LogP) is 2.30. The van der Waals surface area contributed by atoms with E-state index in [-0.39, 0.29) is 36.4 Å². The lowest BCUT2D eigenvalue weighted by Gasteiger charge is -2.37. The number of furan rings is 1. The van der Waals surface area contributed by atoms with Crippen molar-refractivity contribution in [3.05, 3.63) is 54.5 Å². The Morgan fingerprint density at radius 1 is 1.07 bits per heavy atom. The molecule has 1 aliphatic heterocycles. The van der Waals surface area contributed by atoms with Gasteiger partial charge in [-0.1, -0.05) is 18.2 Å². The number of piperazine rings is 1. The van der Waals surface area contributed by atoms with Crippen molar-refractivity contribution >= 4 is 41.5 Å². The minimum Gasteiger partial charge on any atom is -0.467 e. The van der Waals surface area contributed by atoms with E-state index in [1.165, 1.54) is 5.69 Å². The minimum atomic E-state index is -0.121. The lowest BCUT2D eigenvalue weighted by Crippen LogP contribution is -2.52. The SMILES string of the molecule is CCNC(=NCC(=O)NCc1ccco1)N1CCN(c2ccccc2)CC1.I. The highest BCUT2D eigenvalue weighted by molar-refractivity contribution is 14.0. The highest BCUT2D eigenvalue weighted by Crippen LogP contribution is 2.15. The van der Waals surface area contributed by atoms with Crippen LogP contribution in [-0.2, 0) is 11.3 Å². The van der Waals surface area contributed by atoms with Gasteiger partial charge in [0, 0.05) is 38.4 Å². The third-order valence-electron chi connectivity index (χ3n) is 4.45. The first-order valence-corrected chi connectivity index (χ1v) is 9.38. The number of amides is 1. The minimum absolute atomic E-state index is 0. The molecule has 0 aliphatic carbocycles. The van der Waals surface area contributed by atoms with Crippen LogP contribution in [-0.4, -0.2) is 56.0 Å². The summed E-state index contributed by atoms with van der Waals surface area (Å²) in [6.07, 6.45) is 1.60. The van der Waals surface area contributed by atoms with Crippen LogP contribution in [0.3, 0.4) is 0 Å². The van der Waals surface area contributed by atoms with Crippen LogP contribution in [0.25, 0.3) is 0 Å². The topological polar surface area (TPSA) is 73.1 Å². The Labute approximate surface area is 183 Å². The van der Waals surface area contributed by atoms with Gasteiger partial charge in [0.25, 0.3) is 0 Å². The summed E-state index contributed by atoms with van der Waals surface area (Å²) in [5, 5.41) is 6.11. The van der Waals surface area contributed by atoms with E-state index in [4.69, 9.17) is 4.42 Å². The number of hydrogen-bond donors (Lipinski definition) is 2. The fraction of sp³-hybridized carbons (Fsp3) is 0.400. The van der Waals surface area contributed by atoms with Crippen LogP contribution < -0.4 is 15.5 Å². The highest BCUT2D eigenvalue weighted by atomic mass is 127. The Hall–Kier alpha value is -2.23. The largest absolute Gasteiger partial charge is 0.467 e. The molecule has 1 amide bonds. The molecule has 0 saturated carbocycles. The Morgan fingerprint density at radius 3 is 2.46 bits per heavy atom. The summed E-state index contributed by atoms with van der Waals surface area (Å²) >= 11 is 0. The van der Waals surface area contributed by atoms with Gasteiger partial charge < -0.3 is 24.9 Å². The van der Waals surface area contributed by atoms with E-state index in [2.05, 4.69) is 49.7 Å². The summed E-state index contributed by atoms with van der Waals surface area (Å²) < 4.78 is 5.21. The molecule has 3 rings (SSSR count). The molecule has 7 nitrogen and oxygen atoms in total. The first-order chi connectivity index (χ1) is 13.3. The van der Waals surface area contributed by atoms with Gasteiger partial charge in [-0.2, -0.15) is 0 Å². The van der Waals surface area contributed by atoms with Gasteiger partial charge in [0.05, 0.1) is 12.8 Å². The summed E-state index contributed by atoms with van der Waals surface area (Å²) in [6.45, 7) is 6.88. The number of hydrogen-bond acceptors (Lipinski definition) is 4. The Bertz CT molecular complexity index is 728. The number of guanidine groups is 1. The summed E-state index contributed by atoms with van der Waals surface area (Å²) in [5.41, 5.74) is 1.25. The van der Waals surface area contributed by atoms with Gasteiger partial charge in [-0.15, -0.1) is 24.0 Å². The Kier molecular flexibility index (Phi) is 9.12. The smallest absolute Gasteiger partial charge is 0.242 e. The zero-order chi connectivity index (χ0) is 18.9. The summed E-state index contributed by atoms with van der Waals surface area (Å²) in [7, 11) is 0. The van der Waals surface area contributed by atoms with Gasteiger partial charge in [0.2, 0.25) is 5.91 Å². The second-order valence-corrected chi connectivity index (χ2v) is 6.34. The highest BCUT2D eigenvalue weighted by Gasteiger charge is 2.19. The van der Waals surface area contributed by atoms with Crippen molar-refractivity contribution in [1.82, 2.24) is 15.5 Å². The lowest BCUT2D eigenvalue weighted by molar-refractivity contribution is -0.119. The molecule has 1 aromatic heterocycles. The van der Waals surface area contributed by atoms with Crippen LogP contribution in [0, 0.1) is 0 Å². The van der Waals surface area contributed by atoms with Gasteiger partial charge in [0.1, 0.15) is 12.3 Å². The number of anilines is 1. The monoisotopic (exact) mass is 497 g/mol. The molecule has 2 N–H and O–H groups in total. The number of halogens is 1. The third kappa shape index (κ3) is 6.43. The molecule has 0 atom stereocenters. The zero-order valence-corrected chi connectivity index (χ0v) is 18.5. The molecule has 1 aromatic carbocycles. The Balaban J connectivity index is 0.00000280. The lowest BCUT2D eigenvalue weighted by atomic mass is 10.2. The van der Waals surface area contributed by atoms with E-state index in [1.807, 2.05) is 19.1 Å². The van der Waals surface area contributed by atoms with E-state index in [0.717, 1.165) is 44.4 Å². The van der Waals surface area contributed by atoms with E-state index in [1.54, 1.807) is 12.3 Å². The fourth-order valence-electron chi connectivity index (χ4n) is 3.04. The van der Waals surface area contributed by atoms with Crippen LogP contribution in [0.5, 0.6) is 0 Å². The molecule has 1 aliphatic rings. The molecule has 0 spiro atoms. The quantitative estimate of drug-likeness (QED) is 0.364. The van der Waals surface area contributed by atoms with Crippen LogP contribution in [0.4, 0.5) is 5.69 Å². The van der Waals surface area contributed by atoms with E-state index >= 15 is 0 Å². The molecular weight excluding hydrogens is 469 g/mol. The number of benzene rings is 1. The molecule has 2 aromatic rings. The van der Waals surface area contributed by atoms with E-state index in [0.29, 0.717) is 6.54 Å². The van der Waals surface area contributed by atoms with Crippen molar-refractivity contribution in [3.8, 4) is 0 Å². The van der Waals surface area contributed by atoms with Gasteiger partial charge >= 0.3 is 0 Å². The average Bonchev–Trinajstić information content (AvgIpc) is 3.24. The van der Waals surface area contributed by atoms with Gasteiger partial charge in [-0.3, -0.25) is 4.79 Å². The van der Waals surface area contributed by atoms with Crippen molar-refractivity contribution in [2.24, 2.45) is 4.99 Å². The maximum Gasteiger partial charge on any atom is 0.242 e. The number of para-hydroxylation sites is 1. The van der Waals surface area contributed by atoms with Crippen molar-refractivity contribution in [2.45, 2.75) is 13.5 Å². The van der Waals surface area contributed by atoms with Gasteiger partial charge in [-0.25, -0.2) is 4.99 Å². The summed E-state index contributed by atoms with van der Waals surface area (Å²) in [5.74, 6) is 1.40. The molecular formula is C20H28IN5O2. The molecule has 0 unspecified atom stereocenters. The maximum absolute atomic E-state index is 12.1. The van der Waals surface area contributed by atoms with Crippen LogP contribution >= 0.6 is 24.0 Å². The average molecular weight is 497 g/mol. The van der Waals surface area contributed by atoms with E-state index < -0.39 is 0 Å². The molecule has 28 heavy (non-hydrogen) atoms. The number of rotatable bonds is 6. The van der Waals surface area contributed by atoms with Crippen molar-refractivity contribution in [3.63, 3.8) is 0 Å². The van der Waals surface area contributed by atoms with Gasteiger partial charge in [-0.05, 0) is 31.2 Å². The predicted molar refractivity (Wildman–Crippen MR) is 122 cm³/mol. The number of carbonyl (C=O) groups excluding carboxylic acids is 1. The van der Waals surface area contributed by atoms with Crippen LogP contribution in [0.15, 0.2) is 58.1 Å². The second kappa shape index (κ2) is 11.6. The Morgan fingerprint density at radius 2 is 1.82 bits per heavy atom. The fourth-order valence-corrected chi connectivity index (χ4v) is 3.04. The van der Waals surface area contributed by atoms with E-state index in [9.17, 15) is 4.79 Å². The van der Waals surface area contributed by atoms with Gasteiger partial charge in [0.15, 0.2) is 5.96 Å². The summed E-state index contributed by atoms with van der Waals surface area (Å²) in [6, 6.07) is 14.1. The number of aliphatic imine (C=N–C) groups is 1. The molecule has 2 heterocycles. The molecule has 0 radical (unpaired) electrons. The van der Waals surface area contributed by atoms with Crippen LogP contribution in [0.2, 0.25) is 0 Å². The number of carbonyl (C=O) groups is 1. The zero-order valence-electron chi connectivity index (χ0n) is 16.1. The molecule has 8 heteroatoms. The maximum atomic E-state index is 12.1. The standard InChI is InChI=1S/C20H27N5O2.HI/c1-2-21-20(23-16-19(26)22-15-18-9-6-14-27-18)25-12-10-24(11-13-25)17-7-4-3-5-8-17;/h3-9,14H,2,10-13,15-16H2,1H3,(H,21,23)(H,22,26);1H. The van der Waals surface area contributed by atoms with Crippen molar-refractivity contribution < 1.29 is 9.21 Å². The van der Waals surface area contributed by atoms with Crippen molar-refractivity contribution in [2.75, 3.05) is 44.2 Å². The summed E-state index contributed by atoms with van der Waals surface area (Å²) in [4.78, 5) is 21.1. The molecule has 152 valence electrons. The van der Waals surface area contributed by atoms with Crippen LogP contribution in [0.1, 0.15) is 12.7 Å².